The molecule has 1 aromatic heterocycles. The number of fused-ring (bicyclic) bond motifs is 1. The van der Waals surface area contributed by atoms with Crippen molar-refractivity contribution in [3.05, 3.63) is 51.8 Å². The van der Waals surface area contributed by atoms with Crippen molar-refractivity contribution >= 4 is 40.2 Å². The van der Waals surface area contributed by atoms with E-state index in [2.05, 4.69) is 10.3 Å². The number of halogens is 3. The Morgan fingerprint density at radius 3 is 2.52 bits per heavy atom. The fourth-order valence-electron chi connectivity index (χ4n) is 1.99. The highest BCUT2D eigenvalue weighted by Gasteiger charge is 2.17. The van der Waals surface area contributed by atoms with Gasteiger partial charge in [-0.15, -0.1) is 5.10 Å². The molecule has 2 aromatic carbocycles. The van der Waals surface area contributed by atoms with Gasteiger partial charge in [0.2, 0.25) is 0 Å². The molecule has 0 fully saturated rings. The largest absolute Gasteiger partial charge is 0.478 e. The van der Waals surface area contributed by atoms with Crippen molar-refractivity contribution in [3.63, 3.8) is 0 Å². The first-order valence-electron chi connectivity index (χ1n) is 5.71. The smallest absolute Gasteiger partial charge is 0.337 e. The monoisotopic (exact) mass is 325 g/mol. The second-order valence-electron chi connectivity index (χ2n) is 4.20. The van der Waals surface area contributed by atoms with E-state index in [0.717, 1.165) is 0 Å². The van der Waals surface area contributed by atoms with Crippen molar-refractivity contribution in [3.8, 4) is 5.69 Å². The Kier molecular flexibility index (Phi) is 3.27. The molecule has 8 heteroatoms. The summed E-state index contributed by atoms with van der Waals surface area (Å²) in [6, 6.07) is 7.22. The van der Waals surface area contributed by atoms with Gasteiger partial charge >= 0.3 is 5.97 Å². The molecule has 0 radical (unpaired) electrons. The first-order valence-corrected chi connectivity index (χ1v) is 6.47. The molecule has 5 nitrogen and oxygen atoms in total. The van der Waals surface area contributed by atoms with E-state index < -0.39 is 11.8 Å². The summed E-state index contributed by atoms with van der Waals surface area (Å²) in [5.74, 6) is -1.87. The quantitative estimate of drug-likeness (QED) is 0.731. The van der Waals surface area contributed by atoms with Crippen LogP contribution in [0.15, 0.2) is 30.3 Å². The van der Waals surface area contributed by atoms with E-state index in [-0.39, 0.29) is 21.1 Å². The number of aromatic carboxylic acids is 1. The Balaban J connectivity index is 2.33. The molecule has 0 amide bonds. The predicted molar refractivity (Wildman–Crippen MR) is 75.8 cm³/mol. The minimum atomic E-state index is -1.12. The number of nitrogens with zero attached hydrogens (tertiary/aromatic N) is 3. The maximum atomic E-state index is 13.5. The second kappa shape index (κ2) is 4.98. The van der Waals surface area contributed by atoms with E-state index in [1.54, 1.807) is 12.1 Å². The third kappa shape index (κ3) is 2.22. The van der Waals surface area contributed by atoms with Crippen molar-refractivity contribution < 1.29 is 14.3 Å². The van der Waals surface area contributed by atoms with E-state index in [1.165, 1.54) is 22.9 Å². The highest BCUT2D eigenvalue weighted by Crippen LogP contribution is 2.28. The van der Waals surface area contributed by atoms with Gasteiger partial charge in [-0.3, -0.25) is 0 Å². The van der Waals surface area contributed by atoms with Gasteiger partial charge in [-0.1, -0.05) is 34.5 Å². The lowest BCUT2D eigenvalue weighted by Gasteiger charge is -2.06. The maximum absolute atomic E-state index is 13.5. The molecule has 0 saturated heterocycles. The second-order valence-corrected chi connectivity index (χ2v) is 5.02. The summed E-state index contributed by atoms with van der Waals surface area (Å²) in [6.45, 7) is 0. The van der Waals surface area contributed by atoms with Crippen LogP contribution in [-0.4, -0.2) is 26.1 Å². The molecule has 1 heterocycles. The normalized spacial score (nSPS) is 11.0. The Labute approximate surface area is 127 Å². The third-order valence-electron chi connectivity index (χ3n) is 2.91. The summed E-state index contributed by atoms with van der Waals surface area (Å²) in [6.07, 6.45) is 0. The summed E-state index contributed by atoms with van der Waals surface area (Å²) >= 11 is 11.5. The molecule has 21 heavy (non-hydrogen) atoms. The number of para-hydroxylation sites is 1. The lowest BCUT2D eigenvalue weighted by atomic mass is 10.2. The van der Waals surface area contributed by atoms with Gasteiger partial charge in [-0.05, 0) is 24.3 Å². The van der Waals surface area contributed by atoms with E-state index in [0.29, 0.717) is 11.2 Å². The SMILES string of the molecule is O=C(O)c1cccc2nnn(-c3cc(Cl)c(F)c(Cl)c3)c12. The number of hydrogen-bond acceptors (Lipinski definition) is 3. The zero-order valence-electron chi connectivity index (χ0n) is 10.2. The van der Waals surface area contributed by atoms with Crippen LogP contribution in [0.2, 0.25) is 10.0 Å². The highest BCUT2D eigenvalue weighted by atomic mass is 35.5. The zero-order chi connectivity index (χ0) is 15.1. The fraction of sp³-hybridized carbons (Fsp3) is 0. The Hall–Kier alpha value is -2.18. The van der Waals surface area contributed by atoms with Crippen LogP contribution >= 0.6 is 23.2 Å². The Morgan fingerprint density at radius 1 is 1.24 bits per heavy atom. The summed E-state index contributed by atoms with van der Waals surface area (Å²) in [5, 5.41) is 16.6. The van der Waals surface area contributed by atoms with Crippen molar-refractivity contribution in [2.24, 2.45) is 0 Å². The lowest BCUT2D eigenvalue weighted by Crippen LogP contribution is -2.03. The molecule has 0 bridgehead atoms. The topological polar surface area (TPSA) is 68.0 Å². The van der Waals surface area contributed by atoms with Gasteiger partial charge < -0.3 is 5.11 Å². The first kappa shape index (κ1) is 13.8. The number of carboxylic acid groups (broad SMARTS) is 1. The van der Waals surface area contributed by atoms with Gasteiger partial charge in [0.1, 0.15) is 11.0 Å². The molecule has 0 saturated carbocycles. The van der Waals surface area contributed by atoms with Crippen molar-refractivity contribution in [2.45, 2.75) is 0 Å². The molecule has 106 valence electrons. The van der Waals surface area contributed by atoms with Crippen molar-refractivity contribution in [1.29, 1.82) is 0 Å². The van der Waals surface area contributed by atoms with Crippen LogP contribution in [0.5, 0.6) is 0 Å². The number of rotatable bonds is 2. The molecule has 3 aromatic rings. The average Bonchev–Trinajstić information content (AvgIpc) is 2.87. The summed E-state index contributed by atoms with van der Waals surface area (Å²) in [5.41, 5.74) is 1.02. The number of benzene rings is 2. The minimum Gasteiger partial charge on any atom is -0.478 e. The first-order chi connectivity index (χ1) is 9.99. The van der Waals surface area contributed by atoms with Crippen LogP contribution in [0.4, 0.5) is 4.39 Å². The lowest BCUT2D eigenvalue weighted by molar-refractivity contribution is 0.0698. The molecule has 0 atom stereocenters. The van der Waals surface area contributed by atoms with Crippen LogP contribution in [0.25, 0.3) is 16.7 Å². The third-order valence-corrected chi connectivity index (χ3v) is 3.46. The number of carboxylic acids is 1. The molecule has 0 aliphatic rings. The molecular weight excluding hydrogens is 320 g/mol. The average molecular weight is 326 g/mol. The van der Waals surface area contributed by atoms with Gasteiger partial charge in [0.05, 0.1) is 21.3 Å². The van der Waals surface area contributed by atoms with Crippen molar-refractivity contribution in [2.75, 3.05) is 0 Å². The molecular formula is C13H6Cl2FN3O2. The molecule has 1 N–H and O–H groups in total. The van der Waals surface area contributed by atoms with Gasteiger partial charge in [0.15, 0.2) is 5.82 Å². The molecule has 0 unspecified atom stereocenters. The van der Waals surface area contributed by atoms with Crippen LogP contribution in [-0.2, 0) is 0 Å². The maximum Gasteiger partial charge on any atom is 0.337 e. The van der Waals surface area contributed by atoms with Crippen molar-refractivity contribution in [1.82, 2.24) is 15.0 Å². The Morgan fingerprint density at radius 2 is 1.90 bits per heavy atom. The number of hydrogen-bond donors (Lipinski definition) is 1. The molecule has 0 aliphatic carbocycles. The summed E-state index contributed by atoms with van der Waals surface area (Å²) < 4.78 is 14.7. The Bertz CT molecular complexity index is 856. The van der Waals surface area contributed by atoms with Gasteiger partial charge in [0.25, 0.3) is 0 Å². The summed E-state index contributed by atoms with van der Waals surface area (Å²) in [7, 11) is 0. The van der Waals surface area contributed by atoms with Gasteiger partial charge in [0, 0.05) is 0 Å². The summed E-state index contributed by atoms with van der Waals surface area (Å²) in [4.78, 5) is 11.3. The van der Waals surface area contributed by atoms with E-state index >= 15 is 0 Å². The number of carbonyl (C=O) groups is 1. The zero-order valence-corrected chi connectivity index (χ0v) is 11.7. The molecule has 3 rings (SSSR count). The molecule has 0 spiro atoms. The fourth-order valence-corrected chi connectivity index (χ4v) is 2.47. The van der Waals surface area contributed by atoms with Crippen LogP contribution in [0, 0.1) is 5.82 Å². The van der Waals surface area contributed by atoms with Crippen LogP contribution in [0.3, 0.4) is 0 Å². The minimum absolute atomic E-state index is 0.0223. The predicted octanol–water partition coefficient (Wildman–Crippen LogP) is 3.56. The standard InChI is InChI=1S/C13H6Cl2FN3O2/c14-8-4-6(5-9(15)11(8)16)19-12-7(13(20)21)2-1-3-10(12)17-18-19/h1-5H,(H,20,21). The van der Waals surface area contributed by atoms with E-state index in [9.17, 15) is 14.3 Å². The van der Waals surface area contributed by atoms with Crippen LogP contribution < -0.4 is 0 Å². The molecule has 0 aliphatic heterocycles. The van der Waals surface area contributed by atoms with Gasteiger partial charge in [-0.25, -0.2) is 13.9 Å². The van der Waals surface area contributed by atoms with Gasteiger partial charge in [-0.2, -0.15) is 0 Å². The highest BCUT2D eigenvalue weighted by molar-refractivity contribution is 6.35. The van der Waals surface area contributed by atoms with Crippen LogP contribution in [0.1, 0.15) is 10.4 Å². The number of aromatic nitrogens is 3. The van der Waals surface area contributed by atoms with E-state index in [4.69, 9.17) is 23.2 Å². The van der Waals surface area contributed by atoms with E-state index in [1.807, 2.05) is 0 Å².